The van der Waals surface area contributed by atoms with Crippen molar-refractivity contribution < 1.29 is 4.79 Å². The van der Waals surface area contributed by atoms with Gasteiger partial charge in [0.25, 0.3) is 0 Å². The largest absolute Gasteiger partial charge is 0.333 e. The van der Waals surface area contributed by atoms with E-state index in [1.807, 2.05) is 23.9 Å². The second-order valence-electron chi connectivity index (χ2n) is 2.52. The number of carbonyl (C=O) groups excluding carboxylic acids is 1. The van der Waals surface area contributed by atoms with Crippen molar-refractivity contribution in [2.45, 2.75) is 11.8 Å². The van der Waals surface area contributed by atoms with Crippen molar-refractivity contribution in [3.63, 3.8) is 0 Å². The Kier molecular flexibility index (Phi) is 3.45. The van der Waals surface area contributed by atoms with Crippen molar-refractivity contribution in [3.05, 3.63) is 23.8 Å². The Bertz CT molecular complexity index is 310. The van der Waals surface area contributed by atoms with Crippen molar-refractivity contribution in [3.8, 4) is 0 Å². The number of nitrogens with one attached hydrogen (secondary N) is 2. The van der Waals surface area contributed by atoms with Crippen LogP contribution in [0.1, 0.15) is 5.56 Å². The maximum Gasteiger partial charge on any atom is 0.333 e. The van der Waals surface area contributed by atoms with Crippen LogP contribution in [-0.2, 0) is 0 Å². The molecule has 3 nitrogen and oxygen atoms in total. The molecule has 2 N–H and O–H groups in total. The van der Waals surface area contributed by atoms with Gasteiger partial charge in [-0.2, -0.15) is 0 Å². The molecule has 0 spiro atoms. The van der Waals surface area contributed by atoms with Crippen LogP contribution in [0.25, 0.3) is 0 Å². The van der Waals surface area contributed by atoms with Crippen LogP contribution in [0.5, 0.6) is 0 Å². The number of hydrogen-bond acceptors (Lipinski definition) is 2. The molecule has 0 aliphatic heterocycles. The standard InChI is InChI=1S/C8H9ClN2OS/c1-5-3-2-4-6(13)7(5)10-8(12)11-9/h2-4,13H,1H3,(H2,10,11,12). The average molecular weight is 217 g/mol. The lowest BCUT2D eigenvalue weighted by atomic mass is 10.2. The maximum atomic E-state index is 10.9. The summed E-state index contributed by atoms with van der Waals surface area (Å²) in [7, 11) is 0. The van der Waals surface area contributed by atoms with Gasteiger partial charge in [0.1, 0.15) is 0 Å². The summed E-state index contributed by atoms with van der Waals surface area (Å²) >= 11 is 9.32. The van der Waals surface area contributed by atoms with E-state index in [2.05, 4.69) is 17.9 Å². The molecule has 0 bridgehead atoms. The number of hydrogen-bond donors (Lipinski definition) is 3. The van der Waals surface area contributed by atoms with Gasteiger partial charge >= 0.3 is 6.03 Å². The Morgan fingerprint density at radius 2 is 2.23 bits per heavy atom. The molecule has 13 heavy (non-hydrogen) atoms. The molecule has 1 aromatic carbocycles. The third-order valence-corrected chi connectivity index (χ3v) is 2.12. The van der Waals surface area contributed by atoms with E-state index in [9.17, 15) is 4.79 Å². The van der Waals surface area contributed by atoms with Crippen molar-refractivity contribution in [2.24, 2.45) is 0 Å². The van der Waals surface area contributed by atoms with Crippen molar-refractivity contribution in [2.75, 3.05) is 5.32 Å². The number of rotatable bonds is 1. The molecule has 0 aromatic heterocycles. The highest BCUT2D eigenvalue weighted by Gasteiger charge is 2.05. The molecule has 5 heteroatoms. The van der Waals surface area contributed by atoms with Crippen molar-refractivity contribution >= 4 is 36.1 Å². The fraction of sp³-hybridized carbons (Fsp3) is 0.125. The molecule has 2 amide bonds. The molecule has 0 heterocycles. The minimum absolute atomic E-state index is 0.466. The molecule has 0 unspecified atom stereocenters. The molecular weight excluding hydrogens is 208 g/mol. The highest BCUT2D eigenvalue weighted by atomic mass is 35.5. The van der Waals surface area contributed by atoms with Gasteiger partial charge in [0.15, 0.2) is 0 Å². The van der Waals surface area contributed by atoms with Gasteiger partial charge < -0.3 is 5.32 Å². The molecule has 0 aliphatic rings. The first kappa shape index (κ1) is 10.2. The number of benzene rings is 1. The summed E-state index contributed by atoms with van der Waals surface area (Å²) < 4.78 is 0. The lowest BCUT2D eigenvalue weighted by Gasteiger charge is -2.08. The molecule has 0 fully saturated rings. The molecule has 0 aliphatic carbocycles. The summed E-state index contributed by atoms with van der Waals surface area (Å²) in [5.41, 5.74) is 1.61. The van der Waals surface area contributed by atoms with Crippen molar-refractivity contribution in [1.29, 1.82) is 0 Å². The van der Waals surface area contributed by atoms with Crippen LogP contribution < -0.4 is 10.2 Å². The second kappa shape index (κ2) is 4.39. The molecule has 0 saturated carbocycles. The van der Waals surface area contributed by atoms with E-state index in [1.165, 1.54) is 0 Å². The third kappa shape index (κ3) is 2.54. The van der Waals surface area contributed by atoms with Gasteiger partial charge in [0, 0.05) is 16.7 Å². The van der Waals surface area contributed by atoms with E-state index >= 15 is 0 Å². The monoisotopic (exact) mass is 216 g/mol. The number of halogens is 1. The Morgan fingerprint density at radius 3 is 2.77 bits per heavy atom. The topological polar surface area (TPSA) is 41.1 Å². The summed E-state index contributed by atoms with van der Waals surface area (Å²) in [6, 6.07) is 5.07. The molecule has 1 aromatic rings. The number of carbonyl (C=O) groups is 1. The van der Waals surface area contributed by atoms with Crippen LogP contribution in [0.15, 0.2) is 23.1 Å². The highest BCUT2D eigenvalue weighted by Crippen LogP contribution is 2.23. The van der Waals surface area contributed by atoms with Gasteiger partial charge in [-0.3, -0.25) is 0 Å². The fourth-order valence-electron chi connectivity index (χ4n) is 0.952. The van der Waals surface area contributed by atoms with E-state index in [0.29, 0.717) is 10.6 Å². The van der Waals surface area contributed by atoms with E-state index in [1.54, 1.807) is 6.07 Å². The van der Waals surface area contributed by atoms with Gasteiger partial charge in [0.05, 0.1) is 5.69 Å². The molecular formula is C8H9ClN2OS. The Labute approximate surface area is 87.0 Å². The summed E-state index contributed by atoms with van der Waals surface area (Å²) in [6.45, 7) is 1.88. The molecule has 70 valence electrons. The zero-order chi connectivity index (χ0) is 9.84. The molecule has 0 saturated heterocycles. The van der Waals surface area contributed by atoms with E-state index in [0.717, 1.165) is 5.56 Å². The van der Waals surface area contributed by atoms with Crippen LogP contribution in [0.3, 0.4) is 0 Å². The van der Waals surface area contributed by atoms with Gasteiger partial charge in [0.2, 0.25) is 0 Å². The first-order chi connectivity index (χ1) is 6.15. The number of amides is 2. The summed E-state index contributed by atoms with van der Waals surface area (Å²) in [5.74, 6) is 0. The third-order valence-electron chi connectivity index (χ3n) is 1.58. The lowest BCUT2D eigenvalue weighted by molar-refractivity contribution is 0.256. The molecule has 0 atom stereocenters. The normalized spacial score (nSPS) is 9.46. The van der Waals surface area contributed by atoms with E-state index in [4.69, 9.17) is 11.8 Å². The predicted molar refractivity (Wildman–Crippen MR) is 56.4 cm³/mol. The first-order valence-electron chi connectivity index (χ1n) is 3.61. The van der Waals surface area contributed by atoms with Gasteiger partial charge in [-0.1, -0.05) is 12.1 Å². The van der Waals surface area contributed by atoms with E-state index < -0.39 is 6.03 Å². The Balaban J connectivity index is 2.93. The van der Waals surface area contributed by atoms with Crippen LogP contribution in [-0.4, -0.2) is 6.03 Å². The van der Waals surface area contributed by atoms with E-state index in [-0.39, 0.29) is 0 Å². The van der Waals surface area contributed by atoms with Crippen LogP contribution in [0, 0.1) is 6.92 Å². The number of aryl methyl sites for hydroxylation is 1. The summed E-state index contributed by atoms with van der Waals surface area (Å²) in [4.78, 5) is 13.6. The average Bonchev–Trinajstić information content (AvgIpc) is 2.11. The number of anilines is 1. The lowest BCUT2D eigenvalue weighted by Crippen LogP contribution is -2.21. The zero-order valence-corrected chi connectivity index (χ0v) is 8.62. The van der Waals surface area contributed by atoms with Crippen LogP contribution in [0.4, 0.5) is 10.5 Å². The second-order valence-corrected chi connectivity index (χ2v) is 3.19. The number of para-hydroxylation sites is 1. The Morgan fingerprint density at radius 1 is 1.54 bits per heavy atom. The minimum Gasteiger partial charge on any atom is -0.306 e. The van der Waals surface area contributed by atoms with Gasteiger partial charge in [-0.25, -0.2) is 9.63 Å². The fourth-order valence-corrected chi connectivity index (χ4v) is 1.32. The van der Waals surface area contributed by atoms with Crippen molar-refractivity contribution in [1.82, 2.24) is 4.84 Å². The quantitative estimate of drug-likeness (QED) is 0.490. The summed E-state index contributed by atoms with van der Waals surface area (Å²) in [5, 5.41) is 2.57. The van der Waals surface area contributed by atoms with Gasteiger partial charge in [-0.05, 0) is 18.6 Å². The minimum atomic E-state index is -0.466. The molecule has 1 rings (SSSR count). The molecule has 0 radical (unpaired) electrons. The highest BCUT2D eigenvalue weighted by molar-refractivity contribution is 7.80. The number of urea groups is 1. The van der Waals surface area contributed by atoms with Crippen LogP contribution in [0.2, 0.25) is 0 Å². The number of thiol groups is 1. The zero-order valence-electron chi connectivity index (χ0n) is 6.97. The van der Waals surface area contributed by atoms with Crippen LogP contribution >= 0.6 is 24.4 Å². The smallest absolute Gasteiger partial charge is 0.306 e. The predicted octanol–water partition coefficient (Wildman–Crippen LogP) is 2.56. The Hall–Kier alpha value is -0.870. The maximum absolute atomic E-state index is 10.9. The van der Waals surface area contributed by atoms with Gasteiger partial charge in [-0.15, -0.1) is 12.6 Å². The first-order valence-corrected chi connectivity index (χ1v) is 4.44. The summed E-state index contributed by atoms with van der Waals surface area (Å²) in [6.07, 6.45) is 0. The SMILES string of the molecule is Cc1cccc(S)c1NC(=O)NCl.